The molecule has 1 aliphatic heterocycles. The van der Waals surface area contributed by atoms with Gasteiger partial charge in [0.15, 0.2) is 0 Å². The Balaban J connectivity index is 1.93. The summed E-state index contributed by atoms with van der Waals surface area (Å²) >= 11 is 0. The van der Waals surface area contributed by atoms with E-state index in [9.17, 15) is 0 Å². The molecular weight excluding hydrogens is 226 g/mol. The van der Waals surface area contributed by atoms with Crippen molar-refractivity contribution in [3.8, 4) is 0 Å². The van der Waals surface area contributed by atoms with Gasteiger partial charge in [-0.1, -0.05) is 30.3 Å². The fourth-order valence-electron chi connectivity index (χ4n) is 1.69. The summed E-state index contributed by atoms with van der Waals surface area (Å²) in [5, 5.41) is 0. The molecule has 0 atom stereocenters. The van der Waals surface area contributed by atoms with E-state index in [0.29, 0.717) is 12.6 Å². The summed E-state index contributed by atoms with van der Waals surface area (Å²) in [5.74, 6) is 0. The van der Waals surface area contributed by atoms with E-state index in [1.165, 1.54) is 5.56 Å². The predicted octanol–water partition coefficient (Wildman–Crippen LogP) is 3.19. The van der Waals surface area contributed by atoms with Gasteiger partial charge in [0, 0.05) is 0 Å². The summed E-state index contributed by atoms with van der Waals surface area (Å²) in [5.41, 5.74) is 0.607. The molecule has 2 rings (SSSR count). The first-order chi connectivity index (χ1) is 8.41. The van der Waals surface area contributed by atoms with Crippen LogP contribution in [0.5, 0.6) is 0 Å². The number of hydrogen-bond donors (Lipinski definition) is 0. The monoisotopic (exact) mass is 247 g/mol. The van der Waals surface area contributed by atoms with Gasteiger partial charge in [-0.25, -0.2) is 4.99 Å². The Morgan fingerprint density at radius 2 is 1.50 bits per heavy atom. The molecule has 3 nitrogen and oxygen atoms in total. The van der Waals surface area contributed by atoms with E-state index in [2.05, 4.69) is 17.1 Å². The third-order valence-electron chi connectivity index (χ3n) is 3.62. The van der Waals surface area contributed by atoms with Crippen LogP contribution >= 0.6 is 0 Å². The van der Waals surface area contributed by atoms with E-state index < -0.39 is 0 Å². The Morgan fingerprint density at radius 1 is 0.944 bits per heavy atom. The van der Waals surface area contributed by atoms with E-state index in [4.69, 9.17) is 9.47 Å². The lowest BCUT2D eigenvalue weighted by Gasteiger charge is -2.28. The van der Waals surface area contributed by atoms with Gasteiger partial charge in [-0.2, -0.15) is 0 Å². The molecular formula is C15H21NO2. The number of nitrogens with zero attached hydrogens (tertiary/aromatic N) is 1. The first-order valence-corrected chi connectivity index (χ1v) is 6.37. The van der Waals surface area contributed by atoms with Crippen LogP contribution in [0.15, 0.2) is 35.3 Å². The molecule has 0 unspecified atom stereocenters. The van der Waals surface area contributed by atoms with Crippen LogP contribution in [0.1, 0.15) is 33.3 Å². The average Bonchev–Trinajstić information content (AvgIpc) is 2.49. The molecule has 0 amide bonds. The van der Waals surface area contributed by atoms with E-state index in [1.54, 1.807) is 0 Å². The third-order valence-corrected chi connectivity index (χ3v) is 3.62. The zero-order chi connectivity index (χ0) is 13.2. The van der Waals surface area contributed by atoms with Gasteiger partial charge in [-0.05, 0) is 39.7 Å². The van der Waals surface area contributed by atoms with Crippen LogP contribution in [0.2, 0.25) is 0 Å². The second kappa shape index (κ2) is 4.63. The van der Waals surface area contributed by atoms with Gasteiger partial charge < -0.3 is 9.47 Å². The first kappa shape index (κ1) is 12.9. The third kappa shape index (κ3) is 2.66. The van der Waals surface area contributed by atoms with Crippen molar-refractivity contribution in [1.82, 2.24) is 0 Å². The summed E-state index contributed by atoms with van der Waals surface area (Å²) in [4.78, 5) is 4.38. The minimum atomic E-state index is -0.335. The average molecular weight is 247 g/mol. The summed E-state index contributed by atoms with van der Waals surface area (Å²) in [7, 11) is 0. The molecule has 1 aliphatic rings. The zero-order valence-electron chi connectivity index (χ0n) is 11.6. The summed E-state index contributed by atoms with van der Waals surface area (Å²) in [6.45, 7) is 8.77. The molecule has 0 aliphatic carbocycles. The van der Waals surface area contributed by atoms with Crippen LogP contribution < -0.4 is 0 Å². The van der Waals surface area contributed by atoms with Crippen LogP contribution in [0, 0.1) is 0 Å². The van der Waals surface area contributed by atoms with Gasteiger partial charge in [0.1, 0.15) is 11.2 Å². The van der Waals surface area contributed by atoms with Gasteiger partial charge in [-0.3, -0.25) is 0 Å². The predicted molar refractivity (Wildman–Crippen MR) is 72.8 cm³/mol. The number of aliphatic imine (C=N–C) groups is 1. The molecule has 0 N–H and O–H groups in total. The van der Waals surface area contributed by atoms with E-state index in [0.717, 1.165) is 6.42 Å². The molecule has 0 saturated carbocycles. The van der Waals surface area contributed by atoms with Crippen LogP contribution in [0.4, 0.5) is 0 Å². The number of rotatable bonds is 3. The Hall–Kier alpha value is -1.51. The van der Waals surface area contributed by atoms with Gasteiger partial charge in [-0.15, -0.1) is 0 Å². The Kier molecular flexibility index (Phi) is 3.33. The van der Waals surface area contributed by atoms with Crippen molar-refractivity contribution in [3.05, 3.63) is 35.9 Å². The van der Waals surface area contributed by atoms with Crippen molar-refractivity contribution in [3.63, 3.8) is 0 Å². The van der Waals surface area contributed by atoms with Gasteiger partial charge >= 0.3 is 6.08 Å². The Morgan fingerprint density at radius 3 is 2.06 bits per heavy atom. The van der Waals surface area contributed by atoms with Crippen molar-refractivity contribution in [2.45, 2.75) is 45.3 Å². The maximum absolute atomic E-state index is 5.73. The maximum Gasteiger partial charge on any atom is 0.384 e. The molecule has 18 heavy (non-hydrogen) atoms. The Bertz CT molecular complexity index is 417. The lowest BCUT2D eigenvalue weighted by Crippen LogP contribution is -2.41. The highest BCUT2D eigenvalue weighted by molar-refractivity contribution is 5.70. The summed E-state index contributed by atoms with van der Waals surface area (Å²) in [6.07, 6.45) is 1.32. The number of ether oxygens (including phenoxy) is 2. The second-order valence-electron chi connectivity index (χ2n) is 5.61. The van der Waals surface area contributed by atoms with Crippen molar-refractivity contribution < 1.29 is 9.47 Å². The molecule has 0 bridgehead atoms. The molecule has 1 heterocycles. The fraction of sp³-hybridized carbons (Fsp3) is 0.533. The highest BCUT2D eigenvalue weighted by atomic mass is 16.7. The van der Waals surface area contributed by atoms with Gasteiger partial charge in [0.05, 0.1) is 6.54 Å². The zero-order valence-corrected chi connectivity index (χ0v) is 11.6. The minimum Gasteiger partial charge on any atom is -0.440 e. The number of benzene rings is 1. The van der Waals surface area contributed by atoms with Gasteiger partial charge in [0.25, 0.3) is 0 Å². The van der Waals surface area contributed by atoms with Crippen molar-refractivity contribution in [1.29, 1.82) is 0 Å². The molecule has 98 valence electrons. The normalized spacial score (nSPS) is 20.1. The van der Waals surface area contributed by atoms with E-state index in [-0.39, 0.29) is 11.2 Å². The molecule has 0 aromatic heterocycles. The number of hydrogen-bond acceptors (Lipinski definition) is 3. The fourth-order valence-corrected chi connectivity index (χ4v) is 1.69. The lowest BCUT2D eigenvalue weighted by atomic mass is 9.90. The van der Waals surface area contributed by atoms with E-state index in [1.807, 2.05) is 45.9 Å². The van der Waals surface area contributed by atoms with Crippen molar-refractivity contribution in [2.24, 2.45) is 4.99 Å². The topological polar surface area (TPSA) is 30.8 Å². The van der Waals surface area contributed by atoms with E-state index >= 15 is 0 Å². The second-order valence-corrected chi connectivity index (χ2v) is 5.61. The van der Waals surface area contributed by atoms with Crippen LogP contribution in [-0.4, -0.2) is 23.8 Å². The first-order valence-electron chi connectivity index (χ1n) is 6.37. The van der Waals surface area contributed by atoms with Crippen LogP contribution in [-0.2, 0) is 15.9 Å². The summed E-state index contributed by atoms with van der Waals surface area (Å²) < 4.78 is 11.5. The van der Waals surface area contributed by atoms with Gasteiger partial charge in [0.2, 0.25) is 0 Å². The van der Waals surface area contributed by atoms with Crippen molar-refractivity contribution >= 4 is 6.08 Å². The standard InChI is InChI=1S/C15H21NO2/c1-14(2)15(3,4)18-13(17-14)16-11-10-12-8-6-5-7-9-12/h5-9H,10-11H2,1-4H3. The largest absolute Gasteiger partial charge is 0.440 e. The molecule has 0 radical (unpaired) electrons. The van der Waals surface area contributed by atoms with Crippen molar-refractivity contribution in [2.75, 3.05) is 6.54 Å². The smallest absolute Gasteiger partial charge is 0.384 e. The molecule has 1 aromatic carbocycles. The van der Waals surface area contributed by atoms with Crippen LogP contribution in [0.3, 0.4) is 0 Å². The lowest BCUT2D eigenvalue weighted by molar-refractivity contribution is 0.00578. The Labute approximate surface area is 109 Å². The molecule has 0 spiro atoms. The highest BCUT2D eigenvalue weighted by Gasteiger charge is 2.49. The summed E-state index contributed by atoms with van der Waals surface area (Å²) in [6, 6.07) is 10.3. The van der Waals surface area contributed by atoms with Crippen LogP contribution in [0.25, 0.3) is 0 Å². The molecule has 1 fully saturated rings. The highest BCUT2D eigenvalue weighted by Crippen LogP contribution is 2.35. The quantitative estimate of drug-likeness (QED) is 0.821. The molecule has 3 heteroatoms. The molecule has 1 saturated heterocycles. The maximum atomic E-state index is 5.73. The molecule has 1 aromatic rings. The SMILES string of the molecule is CC1(C)OC(=NCCc2ccccc2)OC1(C)C. The minimum absolute atomic E-state index is 0.335.